The van der Waals surface area contributed by atoms with Crippen molar-refractivity contribution in [3.05, 3.63) is 88.9 Å². The molecule has 3 aromatic carbocycles. The van der Waals surface area contributed by atoms with Gasteiger partial charge in [0, 0.05) is 16.1 Å². The third kappa shape index (κ3) is 4.30. The summed E-state index contributed by atoms with van der Waals surface area (Å²) in [7, 11) is -2.69. The molecule has 7 heteroatoms. The van der Waals surface area contributed by atoms with E-state index >= 15 is 0 Å². The quantitative estimate of drug-likeness (QED) is 0.453. The Kier molecular flexibility index (Phi) is 5.48. The average Bonchev–Trinajstić information content (AvgIpc) is 2.68. The molecule has 0 saturated carbocycles. The summed E-state index contributed by atoms with van der Waals surface area (Å²) >= 11 is 5.82. The van der Waals surface area contributed by atoms with Gasteiger partial charge in [0.1, 0.15) is 16.4 Å². The Hall–Kier alpha value is -2.83. The van der Waals surface area contributed by atoms with Crippen molar-refractivity contribution in [1.29, 1.82) is 0 Å². The molecule has 0 heterocycles. The smallest absolute Gasteiger partial charge is 0.342 e. The molecule has 0 spiro atoms. The van der Waals surface area contributed by atoms with Gasteiger partial charge in [-0.1, -0.05) is 23.7 Å². The first-order valence-electron chi connectivity index (χ1n) is 7.88. The summed E-state index contributed by atoms with van der Waals surface area (Å²) < 4.78 is 35.2. The normalized spacial score (nSPS) is 11.0. The van der Waals surface area contributed by atoms with Crippen LogP contribution in [0.15, 0.2) is 77.7 Å². The van der Waals surface area contributed by atoms with Crippen molar-refractivity contribution in [2.75, 3.05) is 7.11 Å². The van der Waals surface area contributed by atoms with E-state index in [1.807, 2.05) is 0 Å². The summed E-state index contributed by atoms with van der Waals surface area (Å²) in [4.78, 5) is 12.4. The molecule has 0 fully saturated rings. The van der Waals surface area contributed by atoms with E-state index in [2.05, 4.69) is 0 Å². The van der Waals surface area contributed by atoms with Crippen LogP contribution < -0.4 is 8.92 Å². The van der Waals surface area contributed by atoms with Gasteiger partial charge in [0.15, 0.2) is 5.78 Å². The Morgan fingerprint density at radius 3 is 2.00 bits per heavy atom. The molecule has 3 rings (SSSR count). The molecule has 0 radical (unpaired) electrons. The fourth-order valence-corrected chi connectivity index (χ4v) is 3.65. The Morgan fingerprint density at radius 2 is 1.41 bits per heavy atom. The molecule has 27 heavy (non-hydrogen) atoms. The third-order valence-electron chi connectivity index (χ3n) is 3.77. The van der Waals surface area contributed by atoms with Gasteiger partial charge in [0.05, 0.1) is 7.11 Å². The summed E-state index contributed by atoms with van der Waals surface area (Å²) in [5.74, 6) is 0.0754. The van der Waals surface area contributed by atoms with Crippen LogP contribution in [-0.4, -0.2) is 21.3 Å². The maximum absolute atomic E-state index is 12.5. The zero-order chi connectivity index (χ0) is 19.4. The number of para-hydroxylation sites is 1. The van der Waals surface area contributed by atoms with Gasteiger partial charge in [-0.25, -0.2) is 0 Å². The van der Waals surface area contributed by atoms with Crippen LogP contribution in [0.25, 0.3) is 0 Å². The maximum Gasteiger partial charge on any atom is 0.342 e. The average molecular weight is 403 g/mol. The number of rotatable bonds is 6. The lowest BCUT2D eigenvalue weighted by Gasteiger charge is -2.10. The molecule has 0 saturated heterocycles. The highest BCUT2D eigenvalue weighted by molar-refractivity contribution is 7.87. The highest BCUT2D eigenvalue weighted by Crippen LogP contribution is 2.27. The number of methoxy groups -OCH3 is 1. The minimum Gasteiger partial charge on any atom is -0.495 e. The number of hydrogen-bond donors (Lipinski definition) is 0. The van der Waals surface area contributed by atoms with Crippen LogP contribution in [0.1, 0.15) is 15.9 Å². The number of carbonyl (C=O) groups is 1. The molecule has 0 aromatic heterocycles. The van der Waals surface area contributed by atoms with E-state index in [0.717, 1.165) is 0 Å². The topological polar surface area (TPSA) is 69.7 Å². The van der Waals surface area contributed by atoms with E-state index in [1.165, 1.54) is 43.5 Å². The SMILES string of the molecule is COc1ccccc1S(=O)(=O)Oc1ccc(C(=O)c2ccc(Cl)cc2)cc1. The summed E-state index contributed by atoms with van der Waals surface area (Å²) in [6, 6.07) is 18.5. The zero-order valence-electron chi connectivity index (χ0n) is 14.3. The van der Waals surface area contributed by atoms with Crippen LogP contribution in [0.4, 0.5) is 0 Å². The van der Waals surface area contributed by atoms with Gasteiger partial charge in [0.2, 0.25) is 0 Å². The molecular weight excluding hydrogens is 388 g/mol. The van der Waals surface area contributed by atoms with Gasteiger partial charge in [-0.15, -0.1) is 0 Å². The molecule has 0 unspecified atom stereocenters. The van der Waals surface area contributed by atoms with Crippen LogP contribution in [0.3, 0.4) is 0 Å². The number of hydrogen-bond acceptors (Lipinski definition) is 5. The summed E-state index contributed by atoms with van der Waals surface area (Å²) in [6.07, 6.45) is 0. The van der Waals surface area contributed by atoms with Crippen molar-refractivity contribution in [2.45, 2.75) is 4.90 Å². The fraction of sp³-hybridized carbons (Fsp3) is 0.0500. The summed E-state index contributed by atoms with van der Waals surface area (Å²) in [5.41, 5.74) is 0.883. The van der Waals surface area contributed by atoms with E-state index in [0.29, 0.717) is 16.1 Å². The molecule has 0 atom stereocenters. The Bertz CT molecular complexity index is 1060. The molecule has 138 valence electrons. The van der Waals surface area contributed by atoms with E-state index in [1.54, 1.807) is 36.4 Å². The van der Waals surface area contributed by atoms with E-state index in [4.69, 9.17) is 20.5 Å². The minimum atomic E-state index is -4.07. The first-order valence-corrected chi connectivity index (χ1v) is 9.67. The molecule has 3 aromatic rings. The van der Waals surface area contributed by atoms with Gasteiger partial charge in [-0.2, -0.15) is 8.42 Å². The van der Waals surface area contributed by atoms with Crippen LogP contribution in [0.2, 0.25) is 5.02 Å². The van der Waals surface area contributed by atoms with Crippen molar-refractivity contribution < 1.29 is 22.1 Å². The Balaban J connectivity index is 1.81. The summed E-state index contributed by atoms with van der Waals surface area (Å²) in [6.45, 7) is 0. The van der Waals surface area contributed by atoms with E-state index in [9.17, 15) is 13.2 Å². The highest BCUT2D eigenvalue weighted by Gasteiger charge is 2.21. The highest BCUT2D eigenvalue weighted by atomic mass is 35.5. The number of carbonyl (C=O) groups excluding carboxylic acids is 1. The minimum absolute atomic E-state index is 0.0752. The first-order chi connectivity index (χ1) is 12.9. The predicted molar refractivity (Wildman–Crippen MR) is 102 cm³/mol. The lowest BCUT2D eigenvalue weighted by molar-refractivity contribution is 0.103. The fourth-order valence-electron chi connectivity index (χ4n) is 2.43. The second-order valence-electron chi connectivity index (χ2n) is 5.55. The van der Waals surface area contributed by atoms with Gasteiger partial charge >= 0.3 is 10.1 Å². The van der Waals surface area contributed by atoms with Crippen molar-refractivity contribution in [3.8, 4) is 11.5 Å². The van der Waals surface area contributed by atoms with Crippen molar-refractivity contribution >= 4 is 27.5 Å². The lowest BCUT2D eigenvalue weighted by Crippen LogP contribution is -2.11. The molecule has 0 aliphatic carbocycles. The lowest BCUT2D eigenvalue weighted by atomic mass is 10.0. The van der Waals surface area contributed by atoms with Crippen LogP contribution in [-0.2, 0) is 10.1 Å². The van der Waals surface area contributed by atoms with Crippen molar-refractivity contribution in [3.63, 3.8) is 0 Å². The van der Waals surface area contributed by atoms with Gasteiger partial charge in [-0.05, 0) is 60.7 Å². The number of halogens is 1. The van der Waals surface area contributed by atoms with Crippen LogP contribution >= 0.6 is 11.6 Å². The second-order valence-corrected chi connectivity index (χ2v) is 7.50. The zero-order valence-corrected chi connectivity index (χ0v) is 15.8. The van der Waals surface area contributed by atoms with E-state index < -0.39 is 10.1 Å². The number of ketones is 1. The molecular formula is C20H15ClO5S. The molecule has 5 nitrogen and oxygen atoms in total. The monoisotopic (exact) mass is 402 g/mol. The molecule has 0 aliphatic rings. The number of ether oxygens (including phenoxy) is 1. The summed E-state index contributed by atoms with van der Waals surface area (Å²) in [5, 5.41) is 0.539. The maximum atomic E-state index is 12.5. The van der Waals surface area contributed by atoms with Gasteiger partial charge in [0.25, 0.3) is 0 Å². The largest absolute Gasteiger partial charge is 0.495 e. The molecule has 0 N–H and O–H groups in total. The van der Waals surface area contributed by atoms with E-state index in [-0.39, 0.29) is 22.2 Å². The standard InChI is InChI=1S/C20H15ClO5S/c1-25-18-4-2-3-5-19(18)27(23,24)26-17-12-8-15(9-13-17)20(22)14-6-10-16(21)11-7-14/h2-13H,1H3. The number of benzene rings is 3. The Morgan fingerprint density at radius 1 is 0.852 bits per heavy atom. The Labute approximate surface area is 162 Å². The van der Waals surface area contributed by atoms with Crippen molar-refractivity contribution in [2.24, 2.45) is 0 Å². The third-order valence-corrected chi connectivity index (χ3v) is 5.31. The molecule has 0 amide bonds. The van der Waals surface area contributed by atoms with Gasteiger partial charge < -0.3 is 8.92 Å². The second kappa shape index (κ2) is 7.82. The first kappa shape index (κ1) is 18.9. The van der Waals surface area contributed by atoms with Crippen molar-refractivity contribution in [1.82, 2.24) is 0 Å². The van der Waals surface area contributed by atoms with Crippen LogP contribution in [0, 0.1) is 0 Å². The molecule has 0 bridgehead atoms. The molecule has 0 aliphatic heterocycles. The van der Waals surface area contributed by atoms with Crippen LogP contribution in [0.5, 0.6) is 11.5 Å². The van der Waals surface area contributed by atoms with Gasteiger partial charge in [-0.3, -0.25) is 4.79 Å². The predicted octanol–water partition coefficient (Wildman–Crippen LogP) is 4.35.